The molecule has 0 aliphatic heterocycles. The van der Waals surface area contributed by atoms with Crippen molar-refractivity contribution in [2.45, 2.75) is 24.3 Å². The van der Waals surface area contributed by atoms with Gasteiger partial charge in [0.05, 0.1) is 21.9 Å². The van der Waals surface area contributed by atoms with Crippen LogP contribution in [0.5, 0.6) is 0 Å². The first kappa shape index (κ1) is 20.3. The van der Waals surface area contributed by atoms with Crippen molar-refractivity contribution in [2.24, 2.45) is 0 Å². The Hall–Kier alpha value is -2.96. The predicted octanol–water partition coefficient (Wildman–Crippen LogP) is 4.21. The van der Waals surface area contributed by atoms with Crippen LogP contribution in [0.3, 0.4) is 0 Å². The van der Waals surface area contributed by atoms with Crippen LogP contribution in [-0.4, -0.2) is 33.9 Å². The minimum atomic E-state index is -4.60. The maximum absolute atomic E-state index is 13.0. The number of pyridine rings is 2. The number of aromatic nitrogens is 5. The van der Waals surface area contributed by atoms with Gasteiger partial charge in [0.2, 0.25) is 5.82 Å². The van der Waals surface area contributed by atoms with Crippen molar-refractivity contribution < 1.29 is 30.6 Å². The van der Waals surface area contributed by atoms with Gasteiger partial charge < -0.3 is 0 Å². The van der Waals surface area contributed by atoms with E-state index in [-0.39, 0.29) is 33.6 Å². The SMILES string of the molecule is CCS(=O)c1c(-c2nc3ccc(C(F)(F)F)cn3n2)nc2cc(C(F)(F)F)ccn12. The van der Waals surface area contributed by atoms with Crippen LogP contribution in [0.25, 0.3) is 22.8 Å². The normalized spacial score (nSPS) is 14.0. The number of rotatable bonds is 3. The molecule has 0 bridgehead atoms. The van der Waals surface area contributed by atoms with E-state index in [4.69, 9.17) is 0 Å². The second-order valence-electron chi connectivity index (χ2n) is 6.19. The first-order valence-electron chi connectivity index (χ1n) is 8.40. The minimum Gasteiger partial charge on any atom is -0.292 e. The number of alkyl halides is 6. The average molecular weight is 447 g/mol. The summed E-state index contributed by atoms with van der Waals surface area (Å²) >= 11 is 0. The number of fused-ring (bicyclic) bond motifs is 2. The summed E-state index contributed by atoms with van der Waals surface area (Å²) in [5.41, 5.74) is -2.02. The minimum absolute atomic E-state index is 0.0631. The Bertz CT molecular complexity index is 1290. The summed E-state index contributed by atoms with van der Waals surface area (Å²) in [7, 11) is -1.66. The van der Waals surface area contributed by atoms with Crippen LogP contribution in [-0.2, 0) is 23.2 Å². The van der Waals surface area contributed by atoms with Crippen molar-refractivity contribution in [1.82, 2.24) is 24.0 Å². The Morgan fingerprint density at radius 1 is 0.967 bits per heavy atom. The topological polar surface area (TPSA) is 64.6 Å². The lowest BCUT2D eigenvalue weighted by molar-refractivity contribution is -0.138. The molecule has 1 atom stereocenters. The molecule has 4 heterocycles. The molecule has 0 N–H and O–H groups in total. The van der Waals surface area contributed by atoms with Gasteiger partial charge in [0.1, 0.15) is 16.4 Å². The smallest absolute Gasteiger partial charge is 0.292 e. The maximum Gasteiger partial charge on any atom is 0.417 e. The third-order valence-electron chi connectivity index (χ3n) is 4.26. The van der Waals surface area contributed by atoms with Crippen molar-refractivity contribution in [3.63, 3.8) is 0 Å². The third-order valence-corrected chi connectivity index (χ3v) is 5.60. The van der Waals surface area contributed by atoms with Gasteiger partial charge in [0.15, 0.2) is 5.65 Å². The molecule has 6 nitrogen and oxygen atoms in total. The second-order valence-corrected chi connectivity index (χ2v) is 7.85. The second kappa shape index (κ2) is 6.79. The van der Waals surface area contributed by atoms with Crippen LogP contribution < -0.4 is 0 Å². The molecule has 0 aromatic carbocycles. The molecule has 158 valence electrons. The van der Waals surface area contributed by atoms with E-state index in [1.807, 2.05) is 0 Å². The van der Waals surface area contributed by atoms with E-state index in [1.54, 1.807) is 6.92 Å². The van der Waals surface area contributed by atoms with Crippen LogP contribution in [0.2, 0.25) is 0 Å². The fraction of sp³-hybridized carbons (Fsp3) is 0.235. The lowest BCUT2D eigenvalue weighted by Gasteiger charge is -2.07. The molecule has 0 amide bonds. The molecule has 4 rings (SSSR count). The molecular formula is C17H11F6N5OS. The maximum atomic E-state index is 13.0. The number of hydrogen-bond acceptors (Lipinski definition) is 4. The third kappa shape index (κ3) is 3.42. The monoisotopic (exact) mass is 447 g/mol. The summed E-state index contributed by atoms with van der Waals surface area (Å²) in [5, 5.41) is 4.04. The number of halogens is 6. The summed E-state index contributed by atoms with van der Waals surface area (Å²) in [6.07, 6.45) is -7.37. The molecule has 13 heteroatoms. The van der Waals surface area contributed by atoms with E-state index < -0.39 is 34.3 Å². The molecule has 30 heavy (non-hydrogen) atoms. The van der Waals surface area contributed by atoms with Crippen LogP contribution in [0.1, 0.15) is 18.1 Å². The lowest BCUT2D eigenvalue weighted by Crippen LogP contribution is -2.06. The van der Waals surface area contributed by atoms with Crippen LogP contribution in [0.4, 0.5) is 26.3 Å². The zero-order chi connectivity index (χ0) is 21.8. The summed E-state index contributed by atoms with van der Waals surface area (Å²) in [6, 6.07) is 3.55. The van der Waals surface area contributed by atoms with Crippen molar-refractivity contribution >= 4 is 22.1 Å². The molecule has 4 aromatic rings. The summed E-state index contributed by atoms with van der Waals surface area (Å²) < 4.78 is 92.6. The molecular weight excluding hydrogens is 436 g/mol. The Morgan fingerprint density at radius 3 is 2.30 bits per heavy atom. The van der Waals surface area contributed by atoms with Crippen molar-refractivity contribution in [3.05, 3.63) is 47.8 Å². The number of imidazole rings is 1. The summed E-state index contributed by atoms with van der Waals surface area (Å²) in [6.45, 7) is 1.61. The largest absolute Gasteiger partial charge is 0.417 e. The van der Waals surface area contributed by atoms with Gasteiger partial charge >= 0.3 is 12.4 Å². The molecule has 0 fully saturated rings. The van der Waals surface area contributed by atoms with Crippen LogP contribution >= 0.6 is 0 Å². The van der Waals surface area contributed by atoms with Crippen LogP contribution in [0, 0.1) is 0 Å². The zero-order valence-electron chi connectivity index (χ0n) is 15.0. The summed E-state index contributed by atoms with van der Waals surface area (Å²) in [5.74, 6) is -0.0173. The Labute approximate surface area is 166 Å². The molecule has 4 aromatic heterocycles. The number of nitrogens with zero attached hydrogens (tertiary/aromatic N) is 5. The van der Waals surface area contributed by atoms with Gasteiger partial charge in [-0.3, -0.25) is 8.61 Å². The van der Waals surface area contributed by atoms with E-state index in [9.17, 15) is 30.6 Å². The van der Waals surface area contributed by atoms with Gasteiger partial charge in [-0.05, 0) is 24.3 Å². The Balaban J connectivity index is 1.93. The van der Waals surface area contributed by atoms with Gasteiger partial charge in [-0.1, -0.05) is 6.92 Å². The van der Waals surface area contributed by atoms with Crippen LogP contribution in [0.15, 0.2) is 41.7 Å². The molecule has 0 aliphatic rings. The molecule has 0 spiro atoms. The molecule has 1 unspecified atom stereocenters. The first-order chi connectivity index (χ1) is 14.0. The van der Waals surface area contributed by atoms with E-state index in [0.717, 1.165) is 41.2 Å². The van der Waals surface area contributed by atoms with E-state index in [0.29, 0.717) is 0 Å². The lowest BCUT2D eigenvalue weighted by atomic mass is 10.2. The number of hydrogen-bond donors (Lipinski definition) is 0. The van der Waals surface area contributed by atoms with Crippen molar-refractivity contribution in [1.29, 1.82) is 0 Å². The predicted molar refractivity (Wildman–Crippen MR) is 94.1 cm³/mol. The molecule has 0 saturated heterocycles. The van der Waals surface area contributed by atoms with E-state index in [1.165, 1.54) is 4.40 Å². The standard InChI is InChI=1S/C17H11F6N5OS/c1-2-30(29)15-13(24-12-7-9(16(18,19)20)5-6-27(12)15)14-25-11-4-3-10(17(21,22)23)8-28(11)26-14/h3-8H,2H2,1H3. The van der Waals surface area contributed by atoms with Crippen molar-refractivity contribution in [3.8, 4) is 11.5 Å². The zero-order valence-corrected chi connectivity index (χ0v) is 15.8. The van der Waals surface area contributed by atoms with Gasteiger partial charge in [-0.2, -0.15) is 26.3 Å². The fourth-order valence-corrected chi connectivity index (χ4v) is 3.85. The quantitative estimate of drug-likeness (QED) is 0.442. The highest BCUT2D eigenvalue weighted by atomic mass is 32.2. The van der Waals surface area contributed by atoms with E-state index >= 15 is 0 Å². The molecule has 0 radical (unpaired) electrons. The first-order valence-corrected chi connectivity index (χ1v) is 9.72. The van der Waals surface area contributed by atoms with Gasteiger partial charge in [0.25, 0.3) is 0 Å². The Morgan fingerprint density at radius 2 is 1.67 bits per heavy atom. The highest BCUT2D eigenvalue weighted by molar-refractivity contribution is 7.85. The van der Waals surface area contributed by atoms with Gasteiger partial charge in [-0.15, -0.1) is 5.10 Å². The molecule has 0 aliphatic carbocycles. The van der Waals surface area contributed by atoms with E-state index in [2.05, 4.69) is 15.1 Å². The van der Waals surface area contributed by atoms with Gasteiger partial charge in [0, 0.05) is 18.1 Å². The van der Waals surface area contributed by atoms with Crippen molar-refractivity contribution in [2.75, 3.05) is 5.75 Å². The fourth-order valence-electron chi connectivity index (χ4n) is 2.85. The summed E-state index contributed by atoms with van der Waals surface area (Å²) in [4.78, 5) is 8.20. The molecule has 0 saturated carbocycles. The highest BCUT2D eigenvalue weighted by Crippen LogP contribution is 2.33. The highest BCUT2D eigenvalue weighted by Gasteiger charge is 2.33. The average Bonchev–Trinajstić information content (AvgIpc) is 3.25. The van der Waals surface area contributed by atoms with Gasteiger partial charge in [-0.25, -0.2) is 14.5 Å². The Kier molecular flexibility index (Phi) is 4.60.